The zero-order chi connectivity index (χ0) is 21.3. The van der Waals surface area contributed by atoms with Crippen LogP contribution < -0.4 is 4.74 Å². The first kappa shape index (κ1) is 18.4. The SMILES string of the molecule is Clc1cccc2c1Sc1ccccc1C21c2ccccc2Oc2cc3ccccc3cc21. The smallest absolute Gasteiger partial charge is 0.132 e. The van der Waals surface area contributed by atoms with Crippen molar-refractivity contribution in [1.29, 1.82) is 0 Å². The molecule has 0 bridgehead atoms. The number of hydrogen-bond acceptors (Lipinski definition) is 2. The van der Waals surface area contributed by atoms with Gasteiger partial charge in [-0.1, -0.05) is 96.2 Å². The monoisotopic (exact) mass is 448 g/mol. The molecule has 0 fully saturated rings. The van der Waals surface area contributed by atoms with E-state index in [9.17, 15) is 0 Å². The molecule has 0 saturated carbocycles. The summed E-state index contributed by atoms with van der Waals surface area (Å²) in [6, 6.07) is 36.4. The van der Waals surface area contributed by atoms with Crippen LogP contribution in [-0.2, 0) is 5.41 Å². The highest BCUT2D eigenvalue weighted by Crippen LogP contribution is 2.62. The van der Waals surface area contributed by atoms with Gasteiger partial charge in [-0.15, -0.1) is 0 Å². The standard InChI is InChI=1S/C29H17ClOS/c30-24-13-7-12-22-28(24)32-27-15-6-4-11-21(27)29(22)20-10-3-5-14-25(20)31-26-17-19-9-2-1-8-18(19)16-23(26)29/h1-17H. The van der Waals surface area contributed by atoms with Crippen LogP contribution in [0.2, 0.25) is 5.02 Å². The van der Waals surface area contributed by atoms with E-state index in [0.29, 0.717) is 0 Å². The molecule has 1 unspecified atom stereocenters. The van der Waals surface area contributed by atoms with Crippen molar-refractivity contribution in [1.82, 2.24) is 0 Å². The summed E-state index contributed by atoms with van der Waals surface area (Å²) in [6.07, 6.45) is 0. The Bertz CT molecular complexity index is 1540. The summed E-state index contributed by atoms with van der Waals surface area (Å²) >= 11 is 8.57. The minimum atomic E-state index is -0.504. The third kappa shape index (κ3) is 2.31. The van der Waals surface area contributed by atoms with E-state index in [4.69, 9.17) is 16.3 Å². The molecule has 2 aliphatic heterocycles. The van der Waals surface area contributed by atoms with Crippen LogP contribution in [0, 0.1) is 0 Å². The molecule has 0 aromatic heterocycles. The molecule has 7 rings (SSSR count). The zero-order valence-corrected chi connectivity index (χ0v) is 18.6. The fourth-order valence-corrected chi connectivity index (χ4v) is 6.82. The largest absolute Gasteiger partial charge is 0.457 e. The Balaban J connectivity index is 1.72. The first-order chi connectivity index (χ1) is 15.8. The average molecular weight is 449 g/mol. The Labute approximate surface area is 195 Å². The Kier molecular flexibility index (Phi) is 3.82. The van der Waals surface area contributed by atoms with Gasteiger partial charge in [0.15, 0.2) is 0 Å². The van der Waals surface area contributed by atoms with Crippen molar-refractivity contribution in [2.45, 2.75) is 15.2 Å². The van der Waals surface area contributed by atoms with Crippen LogP contribution in [0.4, 0.5) is 0 Å². The van der Waals surface area contributed by atoms with Crippen LogP contribution in [0.3, 0.4) is 0 Å². The molecule has 0 aliphatic carbocycles. The first-order valence-corrected chi connectivity index (χ1v) is 11.8. The third-order valence-corrected chi connectivity index (χ3v) is 8.28. The van der Waals surface area contributed by atoms with Gasteiger partial charge >= 0.3 is 0 Å². The zero-order valence-electron chi connectivity index (χ0n) is 17.0. The Morgan fingerprint density at radius 1 is 0.594 bits per heavy atom. The molecule has 0 radical (unpaired) electrons. The highest BCUT2D eigenvalue weighted by Gasteiger charge is 2.50. The van der Waals surface area contributed by atoms with Crippen LogP contribution in [-0.4, -0.2) is 0 Å². The van der Waals surface area contributed by atoms with Crippen molar-refractivity contribution >= 4 is 34.1 Å². The molecule has 0 N–H and O–H groups in total. The van der Waals surface area contributed by atoms with Gasteiger partial charge in [0.25, 0.3) is 0 Å². The van der Waals surface area contributed by atoms with Crippen LogP contribution in [0.15, 0.2) is 113 Å². The summed E-state index contributed by atoms with van der Waals surface area (Å²) < 4.78 is 6.53. The predicted molar refractivity (Wildman–Crippen MR) is 131 cm³/mol. The maximum atomic E-state index is 6.81. The summed E-state index contributed by atoms with van der Waals surface area (Å²) in [5.41, 5.74) is 4.29. The number of para-hydroxylation sites is 1. The predicted octanol–water partition coefficient (Wildman–Crippen LogP) is 8.45. The second-order valence-corrected chi connectivity index (χ2v) is 9.72. The molecule has 152 valence electrons. The van der Waals surface area contributed by atoms with Gasteiger partial charge in [-0.3, -0.25) is 0 Å². The van der Waals surface area contributed by atoms with E-state index in [2.05, 4.69) is 91.0 Å². The molecule has 1 atom stereocenters. The van der Waals surface area contributed by atoms with Gasteiger partial charge < -0.3 is 4.74 Å². The van der Waals surface area contributed by atoms with E-state index in [1.165, 1.54) is 26.8 Å². The fourth-order valence-electron chi connectivity index (χ4n) is 5.33. The van der Waals surface area contributed by atoms with Gasteiger partial charge in [0.1, 0.15) is 11.5 Å². The maximum absolute atomic E-state index is 6.81. The van der Waals surface area contributed by atoms with Crippen molar-refractivity contribution in [3.05, 3.63) is 130 Å². The van der Waals surface area contributed by atoms with Gasteiger partial charge in [0.2, 0.25) is 0 Å². The molecule has 1 spiro atoms. The van der Waals surface area contributed by atoms with Gasteiger partial charge in [0.05, 0.1) is 10.4 Å². The van der Waals surface area contributed by atoms with E-state index in [-0.39, 0.29) is 0 Å². The van der Waals surface area contributed by atoms with Crippen LogP contribution >= 0.6 is 23.4 Å². The molecule has 2 heterocycles. The molecule has 1 nitrogen and oxygen atoms in total. The quantitative estimate of drug-likeness (QED) is 0.230. The van der Waals surface area contributed by atoms with Gasteiger partial charge in [-0.25, -0.2) is 0 Å². The first-order valence-electron chi connectivity index (χ1n) is 10.6. The van der Waals surface area contributed by atoms with Crippen LogP contribution in [0.25, 0.3) is 10.8 Å². The van der Waals surface area contributed by atoms with Crippen molar-refractivity contribution in [3.63, 3.8) is 0 Å². The Morgan fingerprint density at radius 2 is 1.28 bits per heavy atom. The fraction of sp³-hybridized carbons (Fsp3) is 0.0345. The summed E-state index contributed by atoms with van der Waals surface area (Å²) in [7, 11) is 0. The number of benzene rings is 5. The second-order valence-electron chi connectivity index (χ2n) is 8.26. The molecule has 5 aromatic rings. The van der Waals surface area contributed by atoms with Gasteiger partial charge in [-0.2, -0.15) is 0 Å². The number of hydrogen-bond donors (Lipinski definition) is 0. The van der Waals surface area contributed by atoms with Crippen molar-refractivity contribution in [2.75, 3.05) is 0 Å². The lowest BCUT2D eigenvalue weighted by molar-refractivity contribution is 0.432. The number of fused-ring (bicyclic) bond motifs is 9. The van der Waals surface area contributed by atoms with Gasteiger partial charge in [-0.05, 0) is 52.2 Å². The van der Waals surface area contributed by atoms with Crippen molar-refractivity contribution < 1.29 is 4.74 Å². The summed E-state index contributed by atoms with van der Waals surface area (Å²) in [6.45, 7) is 0. The van der Waals surface area contributed by atoms with E-state index in [0.717, 1.165) is 32.5 Å². The highest BCUT2D eigenvalue weighted by molar-refractivity contribution is 7.99. The molecule has 0 amide bonds. The number of ether oxygens (including phenoxy) is 1. The normalized spacial score (nSPS) is 17.8. The third-order valence-electron chi connectivity index (χ3n) is 6.64. The topological polar surface area (TPSA) is 9.23 Å². The summed E-state index contributed by atoms with van der Waals surface area (Å²) in [4.78, 5) is 2.34. The van der Waals surface area contributed by atoms with E-state index in [1.807, 2.05) is 12.1 Å². The van der Waals surface area contributed by atoms with E-state index < -0.39 is 5.41 Å². The number of halogens is 1. The lowest BCUT2D eigenvalue weighted by Gasteiger charge is -2.45. The van der Waals surface area contributed by atoms with Crippen LogP contribution in [0.1, 0.15) is 22.3 Å². The lowest BCUT2D eigenvalue weighted by Crippen LogP contribution is -2.36. The highest BCUT2D eigenvalue weighted by atomic mass is 35.5. The second kappa shape index (κ2) is 6.65. The van der Waals surface area contributed by atoms with E-state index in [1.54, 1.807) is 11.8 Å². The summed E-state index contributed by atoms with van der Waals surface area (Å²) in [5, 5.41) is 3.16. The Morgan fingerprint density at radius 3 is 2.16 bits per heavy atom. The molecule has 3 heteroatoms. The Hall–Kier alpha value is -3.20. The maximum Gasteiger partial charge on any atom is 0.132 e. The summed E-state index contributed by atoms with van der Waals surface area (Å²) in [5.74, 6) is 1.79. The molecule has 32 heavy (non-hydrogen) atoms. The molecular weight excluding hydrogens is 432 g/mol. The minimum absolute atomic E-state index is 0.504. The molecule has 5 aromatic carbocycles. The minimum Gasteiger partial charge on any atom is -0.457 e. The average Bonchev–Trinajstić information content (AvgIpc) is 2.83. The molecular formula is C29H17ClOS. The lowest BCUT2D eigenvalue weighted by atomic mass is 9.63. The van der Waals surface area contributed by atoms with Gasteiger partial charge in [0, 0.05) is 20.9 Å². The van der Waals surface area contributed by atoms with Crippen molar-refractivity contribution in [2.24, 2.45) is 0 Å². The van der Waals surface area contributed by atoms with E-state index >= 15 is 0 Å². The van der Waals surface area contributed by atoms with Crippen LogP contribution in [0.5, 0.6) is 11.5 Å². The molecule has 0 saturated heterocycles. The molecule has 2 aliphatic rings. The van der Waals surface area contributed by atoms with Crippen molar-refractivity contribution in [3.8, 4) is 11.5 Å². The number of rotatable bonds is 0.